The maximum absolute atomic E-state index is 5.56. The third-order valence-corrected chi connectivity index (χ3v) is 2.77. The van der Waals surface area contributed by atoms with Crippen LogP contribution >= 0.6 is 0 Å². The van der Waals surface area contributed by atoms with Gasteiger partial charge in [-0.3, -0.25) is 4.98 Å². The van der Waals surface area contributed by atoms with Gasteiger partial charge in [-0.15, -0.1) is 0 Å². The smallest absolute Gasteiger partial charge is 0.257 e. The van der Waals surface area contributed by atoms with E-state index in [0.717, 1.165) is 12.1 Å². The molecule has 2 aromatic heterocycles. The molecule has 1 atom stereocenters. The van der Waals surface area contributed by atoms with Crippen LogP contribution in [0.4, 0.5) is 0 Å². The van der Waals surface area contributed by atoms with Crippen molar-refractivity contribution in [2.45, 2.75) is 12.5 Å². The van der Waals surface area contributed by atoms with Gasteiger partial charge in [0.1, 0.15) is 6.10 Å². The Labute approximate surface area is 104 Å². The molecule has 1 saturated heterocycles. The maximum Gasteiger partial charge on any atom is 0.257 e. The molecule has 1 N–H and O–H groups in total. The highest BCUT2D eigenvalue weighted by Crippen LogP contribution is 2.17. The summed E-state index contributed by atoms with van der Waals surface area (Å²) in [6.45, 7) is 2.26. The summed E-state index contributed by atoms with van der Waals surface area (Å²) < 4.78 is 10.8. The third-order valence-electron chi connectivity index (χ3n) is 2.77. The molecule has 6 nitrogen and oxygen atoms in total. The number of ether oxygens (including phenoxy) is 1. The molecule has 0 aromatic carbocycles. The minimum atomic E-state index is -0.131. The Kier molecular flexibility index (Phi) is 3.29. The van der Waals surface area contributed by atoms with Crippen LogP contribution in [0.25, 0.3) is 0 Å². The van der Waals surface area contributed by atoms with Gasteiger partial charge in [-0.2, -0.15) is 4.98 Å². The van der Waals surface area contributed by atoms with Crippen molar-refractivity contribution < 1.29 is 9.26 Å². The van der Waals surface area contributed by atoms with Gasteiger partial charge in [0.15, 0.2) is 5.82 Å². The van der Waals surface area contributed by atoms with Gasteiger partial charge in [0.2, 0.25) is 0 Å². The zero-order valence-corrected chi connectivity index (χ0v) is 9.87. The first-order valence-corrected chi connectivity index (χ1v) is 5.95. The van der Waals surface area contributed by atoms with Gasteiger partial charge in [0.05, 0.1) is 6.61 Å². The van der Waals surface area contributed by atoms with Crippen LogP contribution in [0.2, 0.25) is 0 Å². The summed E-state index contributed by atoms with van der Waals surface area (Å²) >= 11 is 0. The number of rotatable bonds is 3. The van der Waals surface area contributed by atoms with E-state index >= 15 is 0 Å². The Morgan fingerprint density at radius 2 is 2.44 bits per heavy atom. The summed E-state index contributed by atoms with van der Waals surface area (Å²) in [5.74, 6) is 1.20. The molecule has 0 spiro atoms. The maximum atomic E-state index is 5.56. The van der Waals surface area contributed by atoms with Crippen LogP contribution in [0, 0.1) is 0 Å². The number of hydrogen-bond donors (Lipinski definition) is 1. The Hall–Kier alpha value is -1.79. The molecule has 18 heavy (non-hydrogen) atoms. The van der Waals surface area contributed by atoms with Gasteiger partial charge < -0.3 is 14.6 Å². The monoisotopic (exact) mass is 246 g/mol. The van der Waals surface area contributed by atoms with Crippen molar-refractivity contribution in [3.8, 4) is 0 Å². The third kappa shape index (κ3) is 2.55. The Bertz CT molecular complexity index is 494. The molecule has 1 unspecified atom stereocenters. The van der Waals surface area contributed by atoms with Gasteiger partial charge in [-0.05, 0) is 11.6 Å². The molecule has 0 radical (unpaired) electrons. The predicted molar refractivity (Wildman–Crippen MR) is 62.9 cm³/mol. The molecule has 2 aromatic rings. The molecule has 0 saturated carbocycles. The molecule has 0 bridgehead atoms. The largest absolute Gasteiger partial charge is 0.366 e. The SMILES string of the molecule is c1cncc(Cc2noc(C3CNCCO3)n2)c1. The van der Waals surface area contributed by atoms with E-state index in [9.17, 15) is 0 Å². The highest BCUT2D eigenvalue weighted by atomic mass is 16.5. The Morgan fingerprint density at radius 1 is 1.44 bits per heavy atom. The number of nitrogens with one attached hydrogen (secondary N) is 1. The number of aromatic nitrogens is 3. The van der Waals surface area contributed by atoms with Crippen molar-refractivity contribution in [3.63, 3.8) is 0 Å². The average Bonchev–Trinajstić information content (AvgIpc) is 2.89. The zero-order valence-electron chi connectivity index (χ0n) is 9.87. The van der Waals surface area contributed by atoms with Gasteiger partial charge in [0.25, 0.3) is 5.89 Å². The van der Waals surface area contributed by atoms with E-state index in [0.29, 0.717) is 31.3 Å². The summed E-state index contributed by atoms with van der Waals surface area (Å²) in [4.78, 5) is 8.42. The number of morpholine rings is 1. The second-order valence-corrected chi connectivity index (χ2v) is 4.15. The summed E-state index contributed by atoms with van der Waals surface area (Å²) in [6, 6.07) is 3.88. The van der Waals surface area contributed by atoms with Crippen LogP contribution in [0.3, 0.4) is 0 Å². The van der Waals surface area contributed by atoms with Gasteiger partial charge in [-0.25, -0.2) is 0 Å². The van der Waals surface area contributed by atoms with Crippen LogP contribution in [0.15, 0.2) is 29.0 Å². The minimum Gasteiger partial charge on any atom is -0.366 e. The van der Waals surface area contributed by atoms with Crippen LogP contribution in [-0.4, -0.2) is 34.8 Å². The van der Waals surface area contributed by atoms with Crippen molar-refractivity contribution in [1.29, 1.82) is 0 Å². The summed E-state index contributed by atoms with van der Waals surface area (Å²) in [5, 5.41) is 7.19. The second-order valence-electron chi connectivity index (χ2n) is 4.15. The average molecular weight is 246 g/mol. The van der Waals surface area contributed by atoms with Crippen molar-refractivity contribution in [1.82, 2.24) is 20.4 Å². The van der Waals surface area contributed by atoms with E-state index in [1.54, 1.807) is 12.4 Å². The van der Waals surface area contributed by atoms with Gasteiger partial charge in [0, 0.05) is 31.9 Å². The number of hydrogen-bond acceptors (Lipinski definition) is 6. The minimum absolute atomic E-state index is 0.131. The first kappa shape index (κ1) is 11.3. The van der Waals surface area contributed by atoms with Crippen molar-refractivity contribution >= 4 is 0 Å². The topological polar surface area (TPSA) is 73.1 Å². The summed E-state index contributed by atoms with van der Waals surface area (Å²) in [7, 11) is 0. The summed E-state index contributed by atoms with van der Waals surface area (Å²) in [6.07, 6.45) is 4.03. The highest BCUT2D eigenvalue weighted by molar-refractivity contribution is 5.13. The van der Waals surface area contributed by atoms with Crippen LogP contribution in [0.1, 0.15) is 23.4 Å². The fourth-order valence-electron chi connectivity index (χ4n) is 1.88. The molecule has 1 aliphatic rings. The van der Waals surface area contributed by atoms with Crippen LogP contribution in [0.5, 0.6) is 0 Å². The molecule has 6 heteroatoms. The fourth-order valence-corrected chi connectivity index (χ4v) is 1.88. The number of nitrogens with zero attached hydrogens (tertiary/aromatic N) is 3. The molecule has 0 aliphatic carbocycles. The van der Waals surface area contributed by atoms with E-state index in [4.69, 9.17) is 9.26 Å². The molecular weight excluding hydrogens is 232 g/mol. The molecule has 3 rings (SSSR count). The molecule has 3 heterocycles. The van der Waals surface area contributed by atoms with Crippen molar-refractivity contribution in [2.24, 2.45) is 0 Å². The van der Waals surface area contributed by atoms with Crippen LogP contribution < -0.4 is 5.32 Å². The predicted octanol–water partition coefficient (Wildman–Crippen LogP) is 0.716. The standard InChI is InChI=1S/C12H14N4O2/c1-2-9(7-13-3-1)6-11-15-12(18-16-11)10-8-14-4-5-17-10/h1-3,7,10,14H,4-6,8H2. The Balaban J connectivity index is 1.69. The molecular formula is C12H14N4O2. The van der Waals surface area contributed by atoms with Crippen molar-refractivity contribution in [2.75, 3.05) is 19.7 Å². The van der Waals surface area contributed by atoms with E-state index in [1.807, 2.05) is 12.1 Å². The summed E-state index contributed by atoms with van der Waals surface area (Å²) in [5.41, 5.74) is 1.06. The quantitative estimate of drug-likeness (QED) is 0.860. The lowest BCUT2D eigenvalue weighted by atomic mass is 10.2. The lowest BCUT2D eigenvalue weighted by Gasteiger charge is -2.19. The van der Waals surface area contributed by atoms with Crippen molar-refractivity contribution in [3.05, 3.63) is 41.8 Å². The highest BCUT2D eigenvalue weighted by Gasteiger charge is 2.22. The van der Waals surface area contributed by atoms with E-state index < -0.39 is 0 Å². The normalized spacial score (nSPS) is 19.9. The second kappa shape index (κ2) is 5.24. The van der Waals surface area contributed by atoms with E-state index in [2.05, 4.69) is 20.4 Å². The first-order valence-electron chi connectivity index (χ1n) is 5.95. The lowest BCUT2D eigenvalue weighted by molar-refractivity contribution is 0.00755. The molecule has 0 amide bonds. The van der Waals surface area contributed by atoms with Gasteiger partial charge >= 0.3 is 0 Å². The zero-order chi connectivity index (χ0) is 12.2. The molecule has 1 aliphatic heterocycles. The molecule has 1 fully saturated rings. The Morgan fingerprint density at radius 3 is 3.22 bits per heavy atom. The van der Waals surface area contributed by atoms with E-state index in [-0.39, 0.29) is 6.10 Å². The lowest BCUT2D eigenvalue weighted by Crippen LogP contribution is -2.33. The fraction of sp³-hybridized carbons (Fsp3) is 0.417. The van der Waals surface area contributed by atoms with Gasteiger partial charge in [-0.1, -0.05) is 11.2 Å². The number of pyridine rings is 1. The van der Waals surface area contributed by atoms with Crippen LogP contribution in [-0.2, 0) is 11.2 Å². The molecule has 94 valence electrons. The van der Waals surface area contributed by atoms with E-state index in [1.165, 1.54) is 0 Å². The first-order chi connectivity index (χ1) is 8.92.